The molecule has 108 valence electrons. The number of nitrogens with zero attached hydrogens (tertiary/aromatic N) is 1. The average Bonchev–Trinajstić information content (AvgIpc) is 2.39. The van der Waals surface area contributed by atoms with Gasteiger partial charge in [-0.1, -0.05) is 20.3 Å². The number of piperazine rings is 1. The Hall–Kier alpha value is -0.160. The summed E-state index contributed by atoms with van der Waals surface area (Å²) in [5.41, 5.74) is 0. The lowest BCUT2D eigenvalue weighted by molar-refractivity contribution is -0.0117. The van der Waals surface area contributed by atoms with Crippen LogP contribution in [0.15, 0.2) is 0 Å². The second kappa shape index (κ2) is 8.86. The molecular formula is C14H30N2O2. The molecular weight excluding hydrogens is 228 g/mol. The molecule has 0 aromatic heterocycles. The van der Waals surface area contributed by atoms with Crippen LogP contribution in [0.25, 0.3) is 0 Å². The van der Waals surface area contributed by atoms with E-state index in [0.717, 1.165) is 19.6 Å². The summed E-state index contributed by atoms with van der Waals surface area (Å²) in [6.45, 7) is 8.40. The van der Waals surface area contributed by atoms with Gasteiger partial charge in [-0.25, -0.2) is 0 Å². The van der Waals surface area contributed by atoms with E-state index in [1.807, 2.05) is 0 Å². The lowest BCUT2D eigenvalue weighted by Gasteiger charge is -2.41. The van der Waals surface area contributed by atoms with E-state index in [4.69, 9.17) is 9.47 Å². The maximum atomic E-state index is 5.49. The normalized spacial score (nSPS) is 27.3. The van der Waals surface area contributed by atoms with Crippen molar-refractivity contribution in [1.29, 1.82) is 0 Å². The minimum Gasteiger partial charge on any atom is -0.382 e. The third kappa shape index (κ3) is 4.84. The molecule has 1 heterocycles. The highest BCUT2D eigenvalue weighted by atomic mass is 16.5. The Morgan fingerprint density at radius 1 is 1.33 bits per heavy atom. The molecule has 18 heavy (non-hydrogen) atoms. The van der Waals surface area contributed by atoms with Crippen LogP contribution in [-0.2, 0) is 9.47 Å². The summed E-state index contributed by atoms with van der Waals surface area (Å²) < 4.78 is 10.7. The summed E-state index contributed by atoms with van der Waals surface area (Å²) in [5, 5.41) is 3.66. The second-order valence-corrected chi connectivity index (χ2v) is 5.22. The predicted molar refractivity (Wildman–Crippen MR) is 75.0 cm³/mol. The first-order valence-corrected chi connectivity index (χ1v) is 7.24. The molecule has 0 spiro atoms. The Morgan fingerprint density at radius 2 is 2.11 bits per heavy atom. The summed E-state index contributed by atoms with van der Waals surface area (Å²) in [7, 11) is 3.51. The highest BCUT2D eigenvalue weighted by Gasteiger charge is 2.27. The van der Waals surface area contributed by atoms with Crippen molar-refractivity contribution in [3.8, 4) is 0 Å². The average molecular weight is 258 g/mol. The number of ether oxygens (including phenoxy) is 2. The van der Waals surface area contributed by atoms with Gasteiger partial charge in [0.2, 0.25) is 0 Å². The molecule has 0 aromatic carbocycles. The van der Waals surface area contributed by atoms with Crippen LogP contribution in [0.1, 0.15) is 33.1 Å². The number of nitrogens with one attached hydrogen (secondary N) is 1. The summed E-state index contributed by atoms with van der Waals surface area (Å²) in [6.07, 6.45) is 3.88. The zero-order chi connectivity index (χ0) is 13.4. The monoisotopic (exact) mass is 258 g/mol. The van der Waals surface area contributed by atoms with Gasteiger partial charge in [0.15, 0.2) is 0 Å². The molecule has 3 unspecified atom stereocenters. The predicted octanol–water partition coefficient (Wildman–Crippen LogP) is 1.50. The molecule has 1 aliphatic heterocycles. The topological polar surface area (TPSA) is 33.7 Å². The maximum Gasteiger partial charge on any atom is 0.0931 e. The second-order valence-electron chi connectivity index (χ2n) is 5.22. The fourth-order valence-corrected chi connectivity index (χ4v) is 2.74. The molecule has 3 atom stereocenters. The van der Waals surface area contributed by atoms with Gasteiger partial charge in [-0.15, -0.1) is 0 Å². The van der Waals surface area contributed by atoms with Gasteiger partial charge in [-0.05, 0) is 12.8 Å². The highest BCUT2D eigenvalue weighted by molar-refractivity contribution is 4.86. The van der Waals surface area contributed by atoms with E-state index in [1.54, 1.807) is 14.2 Å². The highest BCUT2D eigenvalue weighted by Crippen LogP contribution is 2.14. The Kier molecular flexibility index (Phi) is 7.82. The lowest BCUT2D eigenvalue weighted by Crippen LogP contribution is -2.58. The van der Waals surface area contributed by atoms with Crippen molar-refractivity contribution >= 4 is 0 Å². The van der Waals surface area contributed by atoms with Crippen molar-refractivity contribution in [3.05, 3.63) is 0 Å². The molecule has 0 saturated carbocycles. The van der Waals surface area contributed by atoms with Crippen LogP contribution in [0.3, 0.4) is 0 Å². The summed E-state index contributed by atoms with van der Waals surface area (Å²) in [6, 6.07) is 1.27. The van der Waals surface area contributed by atoms with Crippen molar-refractivity contribution in [1.82, 2.24) is 10.2 Å². The largest absolute Gasteiger partial charge is 0.382 e. The van der Waals surface area contributed by atoms with E-state index in [9.17, 15) is 0 Å². The Morgan fingerprint density at radius 3 is 2.67 bits per heavy atom. The van der Waals surface area contributed by atoms with Gasteiger partial charge in [0.1, 0.15) is 0 Å². The maximum absolute atomic E-state index is 5.49. The number of hydrogen-bond acceptors (Lipinski definition) is 4. The molecule has 4 heteroatoms. The molecule has 0 aliphatic carbocycles. The van der Waals surface area contributed by atoms with E-state index < -0.39 is 0 Å². The van der Waals surface area contributed by atoms with Gasteiger partial charge in [0, 0.05) is 45.9 Å². The standard InChI is InChI=1S/C14H30N2O2/c1-5-7-12-9-16(13(6-2)8-15-12)10-14(18-4)11-17-3/h12-15H,5-11H2,1-4H3. The first kappa shape index (κ1) is 15.9. The Balaban J connectivity index is 2.50. The van der Waals surface area contributed by atoms with E-state index in [2.05, 4.69) is 24.1 Å². The quantitative estimate of drug-likeness (QED) is 0.715. The van der Waals surface area contributed by atoms with Crippen LogP contribution in [0.5, 0.6) is 0 Å². The molecule has 1 rings (SSSR count). The van der Waals surface area contributed by atoms with E-state index >= 15 is 0 Å². The SMILES string of the molecule is CCCC1CN(CC(COC)OC)C(CC)CN1. The molecule has 0 bridgehead atoms. The number of rotatable bonds is 8. The molecule has 1 N–H and O–H groups in total. The first-order chi connectivity index (χ1) is 8.74. The third-order valence-electron chi connectivity index (χ3n) is 3.85. The fourth-order valence-electron chi connectivity index (χ4n) is 2.74. The van der Waals surface area contributed by atoms with Crippen LogP contribution in [0, 0.1) is 0 Å². The van der Waals surface area contributed by atoms with E-state index in [0.29, 0.717) is 18.7 Å². The zero-order valence-electron chi connectivity index (χ0n) is 12.4. The van der Waals surface area contributed by atoms with Gasteiger partial charge < -0.3 is 14.8 Å². The Bertz CT molecular complexity index is 214. The fraction of sp³-hybridized carbons (Fsp3) is 1.00. The minimum absolute atomic E-state index is 0.185. The van der Waals surface area contributed by atoms with Crippen molar-refractivity contribution < 1.29 is 9.47 Å². The smallest absolute Gasteiger partial charge is 0.0931 e. The van der Waals surface area contributed by atoms with Crippen LogP contribution >= 0.6 is 0 Å². The van der Waals surface area contributed by atoms with Crippen LogP contribution in [0.2, 0.25) is 0 Å². The molecule has 0 amide bonds. The molecule has 1 saturated heterocycles. The summed E-state index contributed by atoms with van der Waals surface area (Å²) >= 11 is 0. The van der Waals surface area contributed by atoms with E-state index in [-0.39, 0.29) is 6.10 Å². The lowest BCUT2D eigenvalue weighted by atomic mass is 10.0. The zero-order valence-corrected chi connectivity index (χ0v) is 12.4. The molecule has 0 radical (unpaired) electrons. The number of hydrogen-bond donors (Lipinski definition) is 1. The van der Waals surface area contributed by atoms with Gasteiger partial charge >= 0.3 is 0 Å². The van der Waals surface area contributed by atoms with Gasteiger partial charge in [-0.3, -0.25) is 4.90 Å². The van der Waals surface area contributed by atoms with Gasteiger partial charge in [-0.2, -0.15) is 0 Å². The third-order valence-corrected chi connectivity index (χ3v) is 3.85. The number of methoxy groups -OCH3 is 2. The molecule has 4 nitrogen and oxygen atoms in total. The van der Waals surface area contributed by atoms with Gasteiger partial charge in [0.05, 0.1) is 12.7 Å². The van der Waals surface area contributed by atoms with Crippen LogP contribution < -0.4 is 5.32 Å². The van der Waals surface area contributed by atoms with Crippen LogP contribution in [0.4, 0.5) is 0 Å². The first-order valence-electron chi connectivity index (χ1n) is 7.24. The van der Waals surface area contributed by atoms with Crippen LogP contribution in [-0.4, -0.2) is 63.5 Å². The van der Waals surface area contributed by atoms with E-state index in [1.165, 1.54) is 19.3 Å². The summed E-state index contributed by atoms with van der Waals surface area (Å²) in [4.78, 5) is 2.57. The Labute approximate surface area is 112 Å². The van der Waals surface area contributed by atoms with Crippen molar-refractivity contribution in [2.45, 2.75) is 51.3 Å². The van der Waals surface area contributed by atoms with Crippen molar-refractivity contribution in [3.63, 3.8) is 0 Å². The summed E-state index contributed by atoms with van der Waals surface area (Å²) in [5.74, 6) is 0. The van der Waals surface area contributed by atoms with Crippen molar-refractivity contribution in [2.75, 3.05) is 40.5 Å². The molecule has 0 aromatic rings. The van der Waals surface area contributed by atoms with Crippen molar-refractivity contribution in [2.24, 2.45) is 0 Å². The molecule has 1 fully saturated rings. The minimum atomic E-state index is 0.185. The van der Waals surface area contributed by atoms with Gasteiger partial charge in [0.25, 0.3) is 0 Å². The molecule has 1 aliphatic rings.